The standard InChI is InChI=1S/C8H14N2OS/c1-8(2,3)5-4-6(11)10-7(12)9-5/h5H,4H2,1-3H3,(H2,9,10,11,12). The summed E-state index contributed by atoms with van der Waals surface area (Å²) in [6.07, 6.45) is 0.504. The Morgan fingerprint density at radius 3 is 2.50 bits per heavy atom. The fourth-order valence-corrected chi connectivity index (χ4v) is 1.39. The number of amides is 1. The molecule has 12 heavy (non-hydrogen) atoms. The number of carbonyl (C=O) groups is 1. The molecule has 0 aromatic heterocycles. The minimum absolute atomic E-state index is 0.0127. The maximum atomic E-state index is 11.1. The van der Waals surface area contributed by atoms with Gasteiger partial charge in [-0.15, -0.1) is 0 Å². The van der Waals surface area contributed by atoms with Crippen LogP contribution in [-0.2, 0) is 4.79 Å². The molecule has 0 spiro atoms. The van der Waals surface area contributed by atoms with Crippen molar-refractivity contribution in [1.29, 1.82) is 0 Å². The van der Waals surface area contributed by atoms with Crippen LogP contribution in [0.1, 0.15) is 27.2 Å². The molecule has 2 N–H and O–H groups in total. The predicted octanol–water partition coefficient (Wildman–Crippen LogP) is 0.796. The first-order valence-corrected chi connectivity index (χ1v) is 4.41. The molecule has 1 rings (SSSR count). The summed E-state index contributed by atoms with van der Waals surface area (Å²) in [5.41, 5.74) is 0.0713. The lowest BCUT2D eigenvalue weighted by molar-refractivity contribution is -0.121. The summed E-state index contributed by atoms with van der Waals surface area (Å²) in [5.74, 6) is 0.0127. The molecule has 0 aromatic carbocycles. The van der Waals surface area contributed by atoms with Gasteiger partial charge in [0.2, 0.25) is 5.91 Å². The highest BCUT2D eigenvalue weighted by Crippen LogP contribution is 2.22. The van der Waals surface area contributed by atoms with E-state index < -0.39 is 0 Å². The van der Waals surface area contributed by atoms with Crippen molar-refractivity contribution >= 4 is 23.2 Å². The maximum Gasteiger partial charge on any atom is 0.228 e. The first kappa shape index (κ1) is 9.45. The molecule has 1 aliphatic heterocycles. The van der Waals surface area contributed by atoms with Gasteiger partial charge in [0.05, 0.1) is 0 Å². The number of thiocarbonyl (C=S) groups is 1. The summed E-state index contributed by atoms with van der Waals surface area (Å²) < 4.78 is 0. The first-order chi connectivity index (χ1) is 5.39. The summed E-state index contributed by atoms with van der Waals surface area (Å²) in [6, 6.07) is 0.152. The average Bonchev–Trinajstić information content (AvgIpc) is 1.82. The lowest BCUT2D eigenvalue weighted by Crippen LogP contribution is -2.56. The van der Waals surface area contributed by atoms with Crippen molar-refractivity contribution in [3.05, 3.63) is 0 Å². The Kier molecular flexibility index (Phi) is 2.37. The van der Waals surface area contributed by atoms with E-state index in [4.69, 9.17) is 12.2 Å². The van der Waals surface area contributed by atoms with Crippen LogP contribution in [-0.4, -0.2) is 17.1 Å². The van der Waals surface area contributed by atoms with Crippen molar-refractivity contribution in [1.82, 2.24) is 10.6 Å². The number of hydrogen-bond acceptors (Lipinski definition) is 2. The van der Waals surface area contributed by atoms with Crippen LogP contribution in [0.4, 0.5) is 0 Å². The van der Waals surface area contributed by atoms with Crippen LogP contribution in [0.25, 0.3) is 0 Å². The normalized spacial score (nSPS) is 24.8. The molecule has 0 radical (unpaired) electrons. The van der Waals surface area contributed by atoms with Gasteiger partial charge in [0.15, 0.2) is 5.11 Å². The van der Waals surface area contributed by atoms with Gasteiger partial charge in [-0.1, -0.05) is 20.8 Å². The molecular formula is C8H14N2OS. The molecular weight excluding hydrogens is 172 g/mol. The highest BCUT2D eigenvalue weighted by molar-refractivity contribution is 7.80. The summed E-state index contributed by atoms with van der Waals surface area (Å²) in [4.78, 5) is 11.1. The summed E-state index contributed by atoms with van der Waals surface area (Å²) in [5, 5.41) is 6.10. The quantitative estimate of drug-likeness (QED) is 0.550. The topological polar surface area (TPSA) is 41.1 Å². The SMILES string of the molecule is CC(C)(C)C1CC(=O)NC(=S)N1. The average molecular weight is 186 g/mol. The molecule has 4 heteroatoms. The van der Waals surface area contributed by atoms with Crippen LogP contribution in [0, 0.1) is 5.41 Å². The minimum atomic E-state index is 0.0127. The summed E-state index contributed by atoms with van der Waals surface area (Å²) >= 11 is 4.89. The van der Waals surface area contributed by atoms with Crippen molar-refractivity contribution in [2.75, 3.05) is 0 Å². The molecule has 68 valence electrons. The lowest BCUT2D eigenvalue weighted by Gasteiger charge is -2.35. The van der Waals surface area contributed by atoms with Crippen molar-refractivity contribution in [2.24, 2.45) is 5.41 Å². The Hall–Kier alpha value is -0.640. The summed E-state index contributed by atoms with van der Waals surface area (Å²) in [6.45, 7) is 6.27. The Bertz CT molecular complexity index is 204. The number of hydrogen-bond donors (Lipinski definition) is 2. The second-order valence-corrected chi connectivity index (χ2v) is 4.55. The van der Waals surface area contributed by atoms with E-state index in [1.54, 1.807) is 0 Å². The highest BCUT2D eigenvalue weighted by Gasteiger charge is 2.30. The van der Waals surface area contributed by atoms with Crippen molar-refractivity contribution in [2.45, 2.75) is 33.2 Å². The molecule has 1 saturated heterocycles. The third kappa shape index (κ3) is 2.17. The smallest absolute Gasteiger partial charge is 0.228 e. The zero-order valence-corrected chi connectivity index (χ0v) is 8.42. The fraction of sp³-hybridized carbons (Fsp3) is 0.750. The van der Waals surface area contributed by atoms with Crippen molar-refractivity contribution < 1.29 is 4.79 Å². The third-order valence-corrected chi connectivity index (χ3v) is 2.21. The monoisotopic (exact) mass is 186 g/mol. The van der Waals surface area contributed by atoms with Gasteiger partial charge in [0.25, 0.3) is 0 Å². The number of nitrogens with one attached hydrogen (secondary N) is 2. The van der Waals surface area contributed by atoms with E-state index in [1.165, 1.54) is 0 Å². The van der Waals surface area contributed by atoms with E-state index in [2.05, 4.69) is 31.4 Å². The van der Waals surface area contributed by atoms with Crippen molar-refractivity contribution in [3.8, 4) is 0 Å². The van der Waals surface area contributed by atoms with Gasteiger partial charge >= 0.3 is 0 Å². The van der Waals surface area contributed by atoms with Crippen molar-refractivity contribution in [3.63, 3.8) is 0 Å². The molecule has 1 fully saturated rings. The van der Waals surface area contributed by atoms with Gasteiger partial charge in [0.1, 0.15) is 0 Å². The molecule has 1 atom stereocenters. The predicted molar refractivity (Wildman–Crippen MR) is 51.7 cm³/mol. The van der Waals surface area contributed by atoms with Gasteiger partial charge in [-0.25, -0.2) is 0 Å². The van der Waals surface area contributed by atoms with E-state index in [1.807, 2.05) is 0 Å². The molecule has 0 saturated carbocycles. The third-order valence-electron chi connectivity index (χ3n) is 1.99. The molecule has 1 aliphatic rings. The van der Waals surface area contributed by atoms with E-state index in [-0.39, 0.29) is 17.4 Å². The molecule has 3 nitrogen and oxygen atoms in total. The van der Waals surface area contributed by atoms with Gasteiger partial charge in [-0.05, 0) is 17.6 Å². The van der Waals surface area contributed by atoms with E-state index in [9.17, 15) is 4.79 Å². The zero-order valence-electron chi connectivity index (χ0n) is 7.60. The van der Waals surface area contributed by atoms with Gasteiger partial charge in [0, 0.05) is 12.5 Å². The van der Waals surface area contributed by atoms with E-state index >= 15 is 0 Å². The zero-order chi connectivity index (χ0) is 9.35. The van der Waals surface area contributed by atoms with Crippen LogP contribution in [0.5, 0.6) is 0 Å². The molecule has 0 aromatic rings. The Morgan fingerprint density at radius 1 is 1.50 bits per heavy atom. The number of carbonyl (C=O) groups excluding carboxylic acids is 1. The van der Waals surface area contributed by atoms with Crippen LogP contribution >= 0.6 is 12.2 Å². The Morgan fingerprint density at radius 2 is 2.08 bits per heavy atom. The second kappa shape index (κ2) is 3.01. The van der Waals surface area contributed by atoms with E-state index in [0.717, 1.165) is 0 Å². The summed E-state index contributed by atoms with van der Waals surface area (Å²) in [7, 11) is 0. The Labute approximate surface area is 77.9 Å². The largest absolute Gasteiger partial charge is 0.359 e. The maximum absolute atomic E-state index is 11.1. The van der Waals surface area contributed by atoms with Crippen LogP contribution in [0.15, 0.2) is 0 Å². The van der Waals surface area contributed by atoms with Gasteiger partial charge in [-0.3, -0.25) is 4.79 Å². The van der Waals surface area contributed by atoms with Crippen LogP contribution in [0.3, 0.4) is 0 Å². The second-order valence-electron chi connectivity index (χ2n) is 4.14. The van der Waals surface area contributed by atoms with Gasteiger partial charge < -0.3 is 10.6 Å². The van der Waals surface area contributed by atoms with Crippen LogP contribution in [0.2, 0.25) is 0 Å². The molecule has 1 heterocycles. The molecule has 0 bridgehead atoms. The van der Waals surface area contributed by atoms with Gasteiger partial charge in [-0.2, -0.15) is 0 Å². The molecule has 0 aliphatic carbocycles. The number of rotatable bonds is 0. The molecule has 1 amide bonds. The minimum Gasteiger partial charge on any atom is -0.359 e. The van der Waals surface area contributed by atoms with E-state index in [0.29, 0.717) is 11.5 Å². The van der Waals surface area contributed by atoms with Crippen LogP contribution < -0.4 is 10.6 Å². The fourth-order valence-electron chi connectivity index (χ4n) is 1.13. The first-order valence-electron chi connectivity index (χ1n) is 4.00. The highest BCUT2D eigenvalue weighted by atomic mass is 32.1. The lowest BCUT2D eigenvalue weighted by atomic mass is 9.84. The molecule has 1 unspecified atom stereocenters. The Balaban J connectivity index is 2.68.